The number of ketones is 1. The van der Waals surface area contributed by atoms with Gasteiger partial charge in [-0.05, 0) is 30.7 Å². The van der Waals surface area contributed by atoms with Crippen molar-refractivity contribution in [3.63, 3.8) is 0 Å². The monoisotopic (exact) mass is 274 g/mol. The number of hydrogen-bond donors (Lipinski definition) is 0. The highest BCUT2D eigenvalue weighted by Gasteiger charge is 2.28. The molecule has 6 nitrogen and oxygen atoms in total. The third kappa shape index (κ3) is 4.19. The number of nitrogens with zero attached hydrogens (tertiary/aromatic N) is 2. The van der Waals surface area contributed by atoms with E-state index in [9.17, 15) is 9.59 Å². The summed E-state index contributed by atoms with van der Waals surface area (Å²) in [5, 5.41) is 0. The Morgan fingerprint density at radius 3 is 2.45 bits per heavy atom. The number of esters is 1. The Bertz CT molecular complexity index is 569. The second-order valence-electron chi connectivity index (χ2n) is 3.64. The molecule has 0 N–H and O–H groups in total. The van der Waals surface area contributed by atoms with Crippen molar-refractivity contribution in [1.82, 2.24) is 0 Å². The van der Waals surface area contributed by atoms with Gasteiger partial charge in [-0.25, -0.2) is 4.79 Å². The summed E-state index contributed by atoms with van der Waals surface area (Å²) in [6.07, 6.45) is 2.62. The van der Waals surface area contributed by atoms with Gasteiger partial charge >= 0.3 is 11.7 Å². The van der Waals surface area contributed by atoms with E-state index in [2.05, 4.69) is 9.53 Å². The van der Waals surface area contributed by atoms with E-state index in [-0.39, 0.29) is 6.61 Å². The molecule has 0 atom stereocenters. The molecule has 0 radical (unpaired) electrons. The molecule has 0 aromatic heterocycles. The van der Waals surface area contributed by atoms with E-state index >= 15 is 0 Å². The zero-order valence-electron chi connectivity index (χ0n) is 11.2. The smallest absolute Gasteiger partial charge is 0.445 e. The molecule has 0 aliphatic rings. The largest absolute Gasteiger partial charge is 0.497 e. The minimum absolute atomic E-state index is 0.0906. The molecule has 0 unspecified atom stereocenters. The van der Waals surface area contributed by atoms with Crippen molar-refractivity contribution in [3.05, 3.63) is 41.4 Å². The molecule has 104 valence electrons. The van der Waals surface area contributed by atoms with Crippen molar-refractivity contribution in [1.29, 1.82) is 0 Å². The summed E-state index contributed by atoms with van der Waals surface area (Å²) in [6.45, 7) is 1.68. The number of carbonyl (C=O) groups is 2. The quantitative estimate of drug-likeness (QED) is 0.196. The standard InChI is InChI=1S/C14H14N2O4/c1-3-20-14(18)13(16-15)12(17)9-6-10-4-7-11(19-2)8-5-10/h4-9H,3H2,1-2H3. The van der Waals surface area contributed by atoms with Crippen LogP contribution in [0.15, 0.2) is 30.3 Å². The molecule has 0 aliphatic carbocycles. The normalized spacial score (nSPS) is 9.90. The van der Waals surface area contributed by atoms with E-state index in [1.165, 1.54) is 6.08 Å². The average molecular weight is 274 g/mol. The molecular formula is C14H14N2O4. The van der Waals surface area contributed by atoms with E-state index in [0.29, 0.717) is 5.75 Å². The Morgan fingerprint density at radius 2 is 1.95 bits per heavy atom. The van der Waals surface area contributed by atoms with Gasteiger partial charge in [-0.3, -0.25) is 4.79 Å². The van der Waals surface area contributed by atoms with Gasteiger partial charge in [0.2, 0.25) is 0 Å². The van der Waals surface area contributed by atoms with Crippen molar-refractivity contribution >= 4 is 23.5 Å². The second kappa shape index (κ2) is 7.66. The zero-order valence-corrected chi connectivity index (χ0v) is 11.2. The third-order valence-corrected chi connectivity index (χ3v) is 2.35. The summed E-state index contributed by atoms with van der Waals surface area (Å²) in [5.41, 5.74) is 8.76. The summed E-state index contributed by atoms with van der Waals surface area (Å²) in [4.78, 5) is 25.7. The molecular weight excluding hydrogens is 260 g/mol. The van der Waals surface area contributed by atoms with Crippen LogP contribution in [0.1, 0.15) is 12.5 Å². The van der Waals surface area contributed by atoms with E-state index in [0.717, 1.165) is 11.6 Å². The van der Waals surface area contributed by atoms with E-state index in [4.69, 9.17) is 10.3 Å². The first-order valence-corrected chi connectivity index (χ1v) is 5.88. The van der Waals surface area contributed by atoms with Gasteiger partial charge in [0, 0.05) is 0 Å². The van der Waals surface area contributed by atoms with Crippen LogP contribution >= 0.6 is 0 Å². The molecule has 0 saturated heterocycles. The molecule has 0 fully saturated rings. The van der Waals surface area contributed by atoms with Crippen LogP contribution in [0.2, 0.25) is 0 Å². The Labute approximate surface area is 116 Å². The fourth-order valence-electron chi connectivity index (χ4n) is 1.36. The van der Waals surface area contributed by atoms with Gasteiger partial charge in [-0.15, -0.1) is 0 Å². The van der Waals surface area contributed by atoms with Crippen LogP contribution < -0.4 is 4.74 Å². The Balaban J connectivity index is 2.80. The molecule has 1 rings (SSSR count). The SMILES string of the molecule is CCOC(=O)C(=[N+]=[N-])C(=O)C=Cc1ccc(OC)cc1. The lowest BCUT2D eigenvalue weighted by Gasteiger charge is -1.98. The van der Waals surface area contributed by atoms with Crippen LogP contribution in [0, 0.1) is 0 Å². The van der Waals surface area contributed by atoms with Crippen molar-refractivity contribution < 1.29 is 23.9 Å². The highest BCUT2D eigenvalue weighted by molar-refractivity contribution is 6.64. The topological polar surface area (TPSA) is 89.0 Å². The predicted octanol–water partition coefficient (Wildman–Crippen LogP) is 1.51. The highest BCUT2D eigenvalue weighted by Crippen LogP contribution is 2.12. The molecule has 0 spiro atoms. The molecule has 0 bridgehead atoms. The lowest BCUT2D eigenvalue weighted by Crippen LogP contribution is -2.26. The molecule has 20 heavy (non-hydrogen) atoms. The number of rotatable bonds is 6. The predicted molar refractivity (Wildman–Crippen MR) is 72.3 cm³/mol. The number of allylic oxidation sites excluding steroid dienone is 1. The summed E-state index contributed by atoms with van der Waals surface area (Å²) in [5.74, 6) is -1.00. The fourth-order valence-corrected chi connectivity index (χ4v) is 1.36. The minimum atomic E-state index is -0.959. The lowest BCUT2D eigenvalue weighted by atomic mass is 10.1. The van der Waals surface area contributed by atoms with Gasteiger partial charge in [0.1, 0.15) is 5.75 Å². The van der Waals surface area contributed by atoms with Crippen LogP contribution in [-0.4, -0.2) is 36.0 Å². The van der Waals surface area contributed by atoms with Gasteiger partial charge < -0.3 is 15.0 Å². The Hall–Kier alpha value is -2.72. The Morgan fingerprint density at radius 1 is 1.30 bits per heavy atom. The molecule has 1 aromatic rings. The second-order valence-corrected chi connectivity index (χ2v) is 3.64. The highest BCUT2D eigenvalue weighted by atomic mass is 16.5. The molecule has 0 saturated carbocycles. The molecule has 0 amide bonds. The first-order chi connectivity index (χ1) is 9.62. The molecule has 0 aliphatic heterocycles. The molecule has 6 heteroatoms. The first kappa shape index (κ1) is 15.3. The lowest BCUT2D eigenvalue weighted by molar-refractivity contribution is -0.141. The molecule has 1 aromatic carbocycles. The van der Waals surface area contributed by atoms with E-state index in [1.54, 1.807) is 38.3 Å². The van der Waals surface area contributed by atoms with Crippen molar-refractivity contribution in [3.8, 4) is 5.75 Å². The number of benzene rings is 1. The van der Waals surface area contributed by atoms with Gasteiger partial charge in [-0.2, -0.15) is 4.79 Å². The van der Waals surface area contributed by atoms with Gasteiger partial charge in [0.15, 0.2) is 0 Å². The van der Waals surface area contributed by atoms with Crippen LogP contribution in [-0.2, 0) is 14.3 Å². The van der Waals surface area contributed by atoms with Crippen LogP contribution in [0.25, 0.3) is 11.6 Å². The van der Waals surface area contributed by atoms with Crippen LogP contribution in [0.5, 0.6) is 5.75 Å². The van der Waals surface area contributed by atoms with Gasteiger partial charge in [-0.1, -0.05) is 18.2 Å². The summed E-state index contributed by atoms with van der Waals surface area (Å²) < 4.78 is 9.60. The summed E-state index contributed by atoms with van der Waals surface area (Å²) in [6, 6.07) is 6.94. The zero-order chi connectivity index (χ0) is 15.0. The van der Waals surface area contributed by atoms with Crippen molar-refractivity contribution in [2.75, 3.05) is 13.7 Å². The number of ether oxygens (including phenoxy) is 2. The van der Waals surface area contributed by atoms with E-state index < -0.39 is 17.5 Å². The fraction of sp³-hybridized carbons (Fsp3) is 0.214. The third-order valence-electron chi connectivity index (χ3n) is 2.35. The number of methoxy groups -OCH3 is 1. The number of carbonyl (C=O) groups excluding carboxylic acids is 2. The summed E-state index contributed by atoms with van der Waals surface area (Å²) >= 11 is 0. The minimum Gasteiger partial charge on any atom is -0.497 e. The first-order valence-electron chi connectivity index (χ1n) is 5.88. The van der Waals surface area contributed by atoms with Gasteiger partial charge in [0.05, 0.1) is 13.7 Å². The average Bonchev–Trinajstić information content (AvgIpc) is 2.46. The van der Waals surface area contributed by atoms with Crippen LogP contribution in [0.3, 0.4) is 0 Å². The summed E-state index contributed by atoms with van der Waals surface area (Å²) in [7, 11) is 1.55. The van der Waals surface area contributed by atoms with Crippen molar-refractivity contribution in [2.45, 2.75) is 6.92 Å². The maximum Gasteiger partial charge on any atom is 0.445 e. The van der Waals surface area contributed by atoms with Gasteiger partial charge in [0.25, 0.3) is 5.78 Å². The van der Waals surface area contributed by atoms with Crippen molar-refractivity contribution in [2.24, 2.45) is 0 Å². The maximum absolute atomic E-state index is 11.7. The Kier molecular flexibility index (Phi) is 5.87. The van der Waals surface area contributed by atoms with E-state index in [1.807, 2.05) is 0 Å². The van der Waals surface area contributed by atoms with Crippen LogP contribution in [0.4, 0.5) is 0 Å². The maximum atomic E-state index is 11.7. The molecule has 0 heterocycles. The number of hydrogen-bond acceptors (Lipinski definition) is 4.